The van der Waals surface area contributed by atoms with Gasteiger partial charge in [0.05, 0.1) is 11.9 Å². The topological polar surface area (TPSA) is 90.4 Å². The van der Waals surface area contributed by atoms with E-state index >= 15 is 0 Å². The number of ether oxygens (including phenoxy) is 2. The van der Waals surface area contributed by atoms with E-state index in [4.69, 9.17) is 9.47 Å². The second kappa shape index (κ2) is 8.91. The highest BCUT2D eigenvalue weighted by molar-refractivity contribution is 9.10. The molecule has 0 aliphatic heterocycles. The van der Waals surface area contributed by atoms with Gasteiger partial charge in [0.15, 0.2) is 6.61 Å². The summed E-state index contributed by atoms with van der Waals surface area (Å²) < 4.78 is 11.4. The van der Waals surface area contributed by atoms with Gasteiger partial charge in [-0.1, -0.05) is 12.1 Å². The maximum Gasteiger partial charge on any atom is 0.344 e. The number of nitrogens with one attached hydrogen (secondary N) is 1. The van der Waals surface area contributed by atoms with Crippen LogP contribution in [0.2, 0.25) is 0 Å². The molecule has 0 radical (unpaired) electrons. The molecule has 0 saturated heterocycles. The van der Waals surface area contributed by atoms with E-state index < -0.39 is 18.5 Å². The SMILES string of the molecule is O=C(COC(=O)c1cccnc1Oc1cccnc1)Nc1ccccc1Br. The van der Waals surface area contributed by atoms with Gasteiger partial charge in [0.25, 0.3) is 5.91 Å². The lowest BCUT2D eigenvalue weighted by Gasteiger charge is -2.10. The molecule has 0 saturated carbocycles. The number of hydrogen-bond donors (Lipinski definition) is 1. The highest BCUT2D eigenvalue weighted by Crippen LogP contribution is 2.23. The molecule has 0 aliphatic rings. The molecule has 27 heavy (non-hydrogen) atoms. The first-order valence-corrected chi connectivity index (χ1v) is 8.67. The van der Waals surface area contributed by atoms with Crippen LogP contribution in [0.4, 0.5) is 5.69 Å². The number of pyridine rings is 2. The van der Waals surface area contributed by atoms with Gasteiger partial charge < -0.3 is 14.8 Å². The molecular weight excluding hydrogens is 414 g/mol. The Bertz CT molecular complexity index is 950. The van der Waals surface area contributed by atoms with Crippen LogP contribution in [0.25, 0.3) is 0 Å². The molecule has 0 aliphatic carbocycles. The van der Waals surface area contributed by atoms with Crippen molar-refractivity contribution in [2.45, 2.75) is 0 Å². The first kappa shape index (κ1) is 18.5. The van der Waals surface area contributed by atoms with Gasteiger partial charge in [-0.2, -0.15) is 0 Å². The van der Waals surface area contributed by atoms with Crippen molar-refractivity contribution in [2.24, 2.45) is 0 Å². The number of amides is 1. The summed E-state index contributed by atoms with van der Waals surface area (Å²) in [5.74, 6) is -0.684. The molecule has 8 heteroatoms. The smallest absolute Gasteiger partial charge is 0.344 e. The van der Waals surface area contributed by atoms with Crippen molar-refractivity contribution in [3.05, 3.63) is 77.2 Å². The third-order valence-corrected chi connectivity index (χ3v) is 4.01. The second-order valence-electron chi connectivity index (χ2n) is 5.25. The average Bonchev–Trinajstić information content (AvgIpc) is 2.69. The van der Waals surface area contributed by atoms with E-state index in [-0.39, 0.29) is 11.4 Å². The quantitative estimate of drug-likeness (QED) is 0.601. The van der Waals surface area contributed by atoms with E-state index in [1.54, 1.807) is 42.6 Å². The third kappa shape index (κ3) is 5.11. The second-order valence-corrected chi connectivity index (χ2v) is 6.11. The predicted molar refractivity (Wildman–Crippen MR) is 102 cm³/mol. The number of anilines is 1. The normalized spacial score (nSPS) is 10.1. The number of para-hydroxylation sites is 1. The Labute approximate surface area is 163 Å². The molecule has 0 spiro atoms. The van der Waals surface area contributed by atoms with E-state index in [0.717, 1.165) is 4.47 Å². The maximum atomic E-state index is 12.3. The summed E-state index contributed by atoms with van der Waals surface area (Å²) in [6, 6.07) is 13.6. The predicted octanol–water partition coefficient (Wildman–Crippen LogP) is 3.83. The lowest BCUT2D eigenvalue weighted by Crippen LogP contribution is -2.21. The number of benzene rings is 1. The highest BCUT2D eigenvalue weighted by atomic mass is 79.9. The first-order valence-electron chi connectivity index (χ1n) is 7.88. The zero-order chi connectivity index (χ0) is 19.1. The molecule has 0 atom stereocenters. The van der Waals surface area contributed by atoms with E-state index in [1.165, 1.54) is 18.5 Å². The minimum Gasteiger partial charge on any atom is -0.452 e. The van der Waals surface area contributed by atoms with Crippen LogP contribution in [0.3, 0.4) is 0 Å². The van der Waals surface area contributed by atoms with Crippen LogP contribution in [0.1, 0.15) is 10.4 Å². The van der Waals surface area contributed by atoms with Crippen molar-refractivity contribution in [3.8, 4) is 11.6 Å². The molecule has 0 unspecified atom stereocenters. The molecule has 2 heterocycles. The minimum atomic E-state index is -0.718. The zero-order valence-electron chi connectivity index (χ0n) is 14.0. The number of carbonyl (C=O) groups is 2. The zero-order valence-corrected chi connectivity index (χ0v) is 15.5. The van der Waals surface area contributed by atoms with Gasteiger partial charge in [0, 0.05) is 16.9 Å². The van der Waals surface area contributed by atoms with Crippen LogP contribution in [-0.2, 0) is 9.53 Å². The van der Waals surface area contributed by atoms with Gasteiger partial charge in [0.1, 0.15) is 11.3 Å². The number of hydrogen-bond acceptors (Lipinski definition) is 6. The Kier molecular flexibility index (Phi) is 6.11. The standard InChI is InChI=1S/C19H14BrN3O4/c20-15-7-1-2-8-16(15)23-17(24)12-26-19(25)14-6-4-10-22-18(14)27-13-5-3-9-21-11-13/h1-11H,12H2,(H,23,24). The van der Waals surface area contributed by atoms with Gasteiger partial charge in [-0.15, -0.1) is 0 Å². The Morgan fingerprint density at radius 2 is 1.85 bits per heavy atom. The molecule has 1 N–H and O–H groups in total. The fraction of sp³-hybridized carbons (Fsp3) is 0.0526. The first-order chi connectivity index (χ1) is 13.1. The molecule has 2 aromatic heterocycles. The van der Waals surface area contributed by atoms with E-state index in [2.05, 4.69) is 31.2 Å². The molecule has 0 bridgehead atoms. The lowest BCUT2D eigenvalue weighted by molar-refractivity contribution is -0.119. The monoisotopic (exact) mass is 427 g/mol. The number of nitrogens with zero attached hydrogens (tertiary/aromatic N) is 2. The Hall–Kier alpha value is -3.26. The van der Waals surface area contributed by atoms with Crippen LogP contribution in [0, 0.1) is 0 Å². The number of aromatic nitrogens is 2. The Morgan fingerprint density at radius 3 is 2.63 bits per heavy atom. The van der Waals surface area contributed by atoms with Crippen LogP contribution in [0.15, 0.2) is 71.6 Å². The van der Waals surface area contributed by atoms with Crippen LogP contribution < -0.4 is 10.1 Å². The van der Waals surface area contributed by atoms with E-state index in [0.29, 0.717) is 11.4 Å². The van der Waals surface area contributed by atoms with Crippen LogP contribution >= 0.6 is 15.9 Å². The van der Waals surface area contributed by atoms with Gasteiger partial charge >= 0.3 is 5.97 Å². The van der Waals surface area contributed by atoms with E-state index in [1.807, 2.05) is 6.07 Å². The molecule has 1 aromatic carbocycles. The summed E-state index contributed by atoms with van der Waals surface area (Å²) in [6.07, 6.45) is 4.58. The van der Waals surface area contributed by atoms with Crippen LogP contribution in [0.5, 0.6) is 11.6 Å². The molecular formula is C19H14BrN3O4. The molecule has 7 nitrogen and oxygen atoms in total. The van der Waals surface area contributed by atoms with Gasteiger partial charge in [-0.3, -0.25) is 9.78 Å². The third-order valence-electron chi connectivity index (χ3n) is 3.32. The lowest BCUT2D eigenvalue weighted by atomic mass is 10.3. The summed E-state index contributed by atoms with van der Waals surface area (Å²) in [4.78, 5) is 32.3. The largest absolute Gasteiger partial charge is 0.452 e. The molecule has 3 rings (SSSR count). The average molecular weight is 428 g/mol. The number of carbonyl (C=O) groups excluding carboxylic acids is 2. The summed E-state index contributed by atoms with van der Waals surface area (Å²) in [7, 11) is 0. The fourth-order valence-corrected chi connectivity index (χ4v) is 2.49. The van der Waals surface area contributed by atoms with Gasteiger partial charge in [0.2, 0.25) is 5.88 Å². The summed E-state index contributed by atoms with van der Waals surface area (Å²) in [5, 5.41) is 2.65. The number of esters is 1. The molecule has 136 valence electrons. The number of halogens is 1. The highest BCUT2D eigenvalue weighted by Gasteiger charge is 2.17. The summed E-state index contributed by atoms with van der Waals surface area (Å²) in [5.41, 5.74) is 0.690. The summed E-state index contributed by atoms with van der Waals surface area (Å²) >= 11 is 3.33. The maximum absolute atomic E-state index is 12.3. The minimum absolute atomic E-state index is 0.0710. The fourth-order valence-electron chi connectivity index (χ4n) is 2.10. The molecule has 1 amide bonds. The van der Waals surface area contributed by atoms with Crippen molar-refractivity contribution >= 4 is 33.5 Å². The Balaban J connectivity index is 1.63. The molecule has 3 aromatic rings. The van der Waals surface area contributed by atoms with Crippen molar-refractivity contribution in [1.82, 2.24) is 9.97 Å². The van der Waals surface area contributed by atoms with Crippen molar-refractivity contribution in [2.75, 3.05) is 11.9 Å². The van der Waals surface area contributed by atoms with Crippen molar-refractivity contribution in [3.63, 3.8) is 0 Å². The van der Waals surface area contributed by atoms with Gasteiger partial charge in [-0.05, 0) is 52.3 Å². The number of rotatable bonds is 6. The van der Waals surface area contributed by atoms with E-state index in [9.17, 15) is 9.59 Å². The Morgan fingerprint density at radius 1 is 1.04 bits per heavy atom. The van der Waals surface area contributed by atoms with Crippen molar-refractivity contribution in [1.29, 1.82) is 0 Å². The molecule has 0 fully saturated rings. The van der Waals surface area contributed by atoms with Gasteiger partial charge in [-0.25, -0.2) is 9.78 Å². The summed E-state index contributed by atoms with van der Waals surface area (Å²) in [6.45, 7) is -0.443. The van der Waals surface area contributed by atoms with Crippen LogP contribution in [-0.4, -0.2) is 28.5 Å². The van der Waals surface area contributed by atoms with Crippen molar-refractivity contribution < 1.29 is 19.1 Å².